The third-order valence-electron chi connectivity index (χ3n) is 2.49. The van der Waals surface area contributed by atoms with Gasteiger partial charge >= 0.3 is 5.97 Å². The van der Waals surface area contributed by atoms with Gasteiger partial charge in [-0.15, -0.1) is 0 Å². The molecule has 7 heteroatoms. The molecule has 0 aliphatic rings. The van der Waals surface area contributed by atoms with Gasteiger partial charge in [-0.1, -0.05) is 34.8 Å². The van der Waals surface area contributed by atoms with Crippen molar-refractivity contribution in [2.75, 3.05) is 7.11 Å². The minimum absolute atomic E-state index is 0.0397. The molecule has 1 heterocycles. The van der Waals surface area contributed by atoms with E-state index >= 15 is 0 Å². The minimum Gasteiger partial charge on any atom is -0.464 e. The van der Waals surface area contributed by atoms with E-state index in [0.29, 0.717) is 0 Å². The molecule has 0 unspecified atom stereocenters. The number of halogens is 4. The summed E-state index contributed by atoms with van der Waals surface area (Å²) in [5.74, 6) is -1.37. The van der Waals surface area contributed by atoms with Gasteiger partial charge in [-0.05, 0) is 24.3 Å². The predicted molar refractivity (Wildman–Crippen MR) is 76.0 cm³/mol. The molecule has 0 radical (unpaired) electrons. The summed E-state index contributed by atoms with van der Waals surface area (Å²) >= 11 is 17.5. The number of esters is 1. The summed E-state index contributed by atoms with van der Waals surface area (Å²) in [6.45, 7) is 0. The van der Waals surface area contributed by atoms with Crippen LogP contribution < -0.4 is 0 Å². The van der Waals surface area contributed by atoms with Gasteiger partial charge in [0.05, 0.1) is 28.4 Å². The molecule has 0 aliphatic heterocycles. The molecule has 0 fully saturated rings. The van der Waals surface area contributed by atoms with E-state index in [2.05, 4.69) is 9.72 Å². The first-order valence-corrected chi connectivity index (χ1v) is 6.47. The zero-order valence-electron chi connectivity index (χ0n) is 10.1. The van der Waals surface area contributed by atoms with Crippen molar-refractivity contribution >= 4 is 40.8 Å². The lowest BCUT2D eigenvalue weighted by Gasteiger charge is -2.08. The summed E-state index contributed by atoms with van der Waals surface area (Å²) in [4.78, 5) is 15.5. The van der Waals surface area contributed by atoms with Crippen LogP contribution in [0, 0.1) is 5.82 Å². The van der Waals surface area contributed by atoms with Gasteiger partial charge in [0.1, 0.15) is 5.82 Å². The molecule has 1 aromatic heterocycles. The number of carbonyl (C=O) groups excluding carboxylic acids is 1. The summed E-state index contributed by atoms with van der Waals surface area (Å²) in [6.07, 6.45) is 0. The van der Waals surface area contributed by atoms with E-state index in [1.165, 1.54) is 25.3 Å². The molecule has 0 bridgehead atoms. The number of methoxy groups -OCH3 is 1. The van der Waals surface area contributed by atoms with Gasteiger partial charge in [0.15, 0.2) is 5.69 Å². The number of rotatable bonds is 2. The first-order chi connectivity index (χ1) is 9.43. The SMILES string of the molecule is COC(=O)c1nc(-c2c(F)cc(Cl)cc2Cl)ccc1Cl. The maximum Gasteiger partial charge on any atom is 0.358 e. The Bertz CT molecular complexity index is 668. The smallest absolute Gasteiger partial charge is 0.358 e. The van der Waals surface area contributed by atoms with Crippen LogP contribution in [0.4, 0.5) is 4.39 Å². The zero-order valence-corrected chi connectivity index (χ0v) is 12.4. The average Bonchev–Trinajstić information content (AvgIpc) is 2.38. The molecule has 0 spiro atoms. The molecule has 0 amide bonds. The number of hydrogen-bond acceptors (Lipinski definition) is 3. The lowest BCUT2D eigenvalue weighted by atomic mass is 10.1. The van der Waals surface area contributed by atoms with Gasteiger partial charge in [-0.25, -0.2) is 14.2 Å². The average molecular weight is 335 g/mol. The fourth-order valence-electron chi connectivity index (χ4n) is 1.61. The molecule has 0 N–H and O–H groups in total. The van der Waals surface area contributed by atoms with Crippen LogP contribution >= 0.6 is 34.8 Å². The summed E-state index contributed by atoms with van der Waals surface area (Å²) in [5, 5.41) is 0.352. The second-order valence-corrected chi connectivity index (χ2v) is 5.01. The maximum absolute atomic E-state index is 14.0. The van der Waals surface area contributed by atoms with Crippen molar-refractivity contribution in [2.45, 2.75) is 0 Å². The van der Waals surface area contributed by atoms with Crippen molar-refractivity contribution in [3.05, 3.63) is 50.8 Å². The van der Waals surface area contributed by atoms with Gasteiger partial charge in [0.25, 0.3) is 0 Å². The Hall–Kier alpha value is -1.36. The highest BCUT2D eigenvalue weighted by Gasteiger charge is 2.18. The van der Waals surface area contributed by atoms with E-state index < -0.39 is 11.8 Å². The molecular weight excluding hydrogens is 328 g/mol. The molecule has 20 heavy (non-hydrogen) atoms. The fraction of sp³-hybridized carbons (Fsp3) is 0.0769. The predicted octanol–water partition coefficient (Wildman–Crippen LogP) is 4.63. The highest BCUT2D eigenvalue weighted by atomic mass is 35.5. The molecule has 0 aliphatic carbocycles. The normalized spacial score (nSPS) is 10.4. The number of aromatic nitrogens is 1. The van der Waals surface area contributed by atoms with E-state index in [1.54, 1.807) is 0 Å². The summed E-state index contributed by atoms with van der Waals surface area (Å²) in [5.41, 5.74) is 0.0870. The topological polar surface area (TPSA) is 39.2 Å². The van der Waals surface area contributed by atoms with Gasteiger partial charge < -0.3 is 4.74 Å². The van der Waals surface area contributed by atoms with Crippen molar-refractivity contribution < 1.29 is 13.9 Å². The maximum atomic E-state index is 14.0. The van der Waals surface area contributed by atoms with Gasteiger partial charge in [-0.3, -0.25) is 0 Å². The number of pyridine rings is 1. The van der Waals surface area contributed by atoms with Crippen molar-refractivity contribution in [3.8, 4) is 11.3 Å². The molecule has 104 valence electrons. The molecule has 2 aromatic rings. The minimum atomic E-state index is -0.720. The first-order valence-electron chi connectivity index (χ1n) is 5.34. The molecule has 0 saturated heterocycles. The summed E-state index contributed by atoms with van der Waals surface area (Å²) in [7, 11) is 1.20. The third kappa shape index (κ3) is 2.87. The van der Waals surface area contributed by atoms with Crippen LogP contribution in [0.1, 0.15) is 10.5 Å². The van der Waals surface area contributed by atoms with Crippen LogP contribution in [0.2, 0.25) is 15.1 Å². The highest BCUT2D eigenvalue weighted by molar-refractivity contribution is 6.36. The Kier molecular flexibility index (Phi) is 4.48. The monoisotopic (exact) mass is 333 g/mol. The number of hydrogen-bond donors (Lipinski definition) is 0. The Balaban J connectivity index is 2.63. The van der Waals surface area contributed by atoms with Crippen LogP contribution in [-0.2, 0) is 4.74 Å². The van der Waals surface area contributed by atoms with Gasteiger partial charge in [0, 0.05) is 5.02 Å². The molecular formula is C13H7Cl3FNO2. The Morgan fingerprint density at radius 2 is 1.90 bits per heavy atom. The Labute approximate surface area is 129 Å². The Morgan fingerprint density at radius 1 is 1.20 bits per heavy atom. The van der Waals surface area contributed by atoms with Crippen LogP contribution in [0.5, 0.6) is 0 Å². The van der Waals surface area contributed by atoms with Crippen LogP contribution in [0.25, 0.3) is 11.3 Å². The lowest BCUT2D eigenvalue weighted by molar-refractivity contribution is 0.0594. The quantitative estimate of drug-likeness (QED) is 0.751. The summed E-state index contributed by atoms with van der Waals surface area (Å²) in [6, 6.07) is 5.36. The summed E-state index contributed by atoms with van der Waals surface area (Å²) < 4.78 is 18.5. The second kappa shape index (κ2) is 5.95. The van der Waals surface area contributed by atoms with Crippen molar-refractivity contribution in [3.63, 3.8) is 0 Å². The van der Waals surface area contributed by atoms with Crippen LogP contribution in [0.15, 0.2) is 24.3 Å². The van der Waals surface area contributed by atoms with Crippen LogP contribution in [0.3, 0.4) is 0 Å². The number of ether oxygens (including phenoxy) is 1. The molecule has 3 nitrogen and oxygen atoms in total. The largest absolute Gasteiger partial charge is 0.464 e. The first kappa shape index (κ1) is 15.0. The number of carbonyl (C=O) groups is 1. The third-order valence-corrected chi connectivity index (χ3v) is 3.31. The van der Waals surface area contributed by atoms with Gasteiger partial charge in [-0.2, -0.15) is 0 Å². The lowest BCUT2D eigenvalue weighted by Crippen LogP contribution is -2.06. The molecule has 0 atom stereocenters. The second-order valence-electron chi connectivity index (χ2n) is 3.76. The molecule has 2 rings (SSSR count). The van der Waals surface area contributed by atoms with Crippen molar-refractivity contribution in [1.29, 1.82) is 0 Å². The van der Waals surface area contributed by atoms with E-state index in [1.807, 2.05) is 0 Å². The number of benzene rings is 1. The van der Waals surface area contributed by atoms with Gasteiger partial charge in [0.2, 0.25) is 0 Å². The van der Waals surface area contributed by atoms with Crippen molar-refractivity contribution in [1.82, 2.24) is 4.98 Å². The Morgan fingerprint density at radius 3 is 2.50 bits per heavy atom. The van der Waals surface area contributed by atoms with E-state index in [9.17, 15) is 9.18 Å². The zero-order chi connectivity index (χ0) is 14.9. The van der Waals surface area contributed by atoms with Crippen LogP contribution in [-0.4, -0.2) is 18.1 Å². The standard InChI is InChI=1S/C13H7Cl3FNO2/c1-20-13(19)12-7(15)2-3-10(18-12)11-8(16)4-6(14)5-9(11)17/h2-5H,1H3. The van der Waals surface area contributed by atoms with E-state index in [0.717, 1.165) is 6.07 Å². The van der Waals surface area contributed by atoms with E-state index in [4.69, 9.17) is 34.8 Å². The fourth-order valence-corrected chi connectivity index (χ4v) is 2.36. The molecule has 0 saturated carbocycles. The highest BCUT2D eigenvalue weighted by Crippen LogP contribution is 2.33. The number of nitrogens with zero attached hydrogens (tertiary/aromatic N) is 1. The van der Waals surface area contributed by atoms with Crippen molar-refractivity contribution in [2.24, 2.45) is 0 Å². The van der Waals surface area contributed by atoms with E-state index in [-0.39, 0.29) is 32.0 Å². The molecule has 1 aromatic carbocycles.